The molecular weight excluding hydrogens is 258 g/mol. The van der Waals surface area contributed by atoms with Crippen LogP contribution in [-0.4, -0.2) is 23.2 Å². The van der Waals surface area contributed by atoms with Crippen LogP contribution in [0.15, 0.2) is 29.6 Å². The number of carbonyl (C=O) groups is 1. The fourth-order valence-corrected chi connectivity index (χ4v) is 3.62. The molecule has 3 rings (SSSR count). The highest BCUT2D eigenvalue weighted by atomic mass is 32.1. The van der Waals surface area contributed by atoms with Gasteiger partial charge in [0.25, 0.3) is 5.91 Å². The van der Waals surface area contributed by atoms with E-state index in [0.29, 0.717) is 0 Å². The first-order valence-electron chi connectivity index (χ1n) is 6.71. The topological polar surface area (TPSA) is 49.3 Å². The van der Waals surface area contributed by atoms with Crippen molar-refractivity contribution in [3.8, 4) is 0 Å². The molecule has 100 valence electrons. The van der Waals surface area contributed by atoms with Crippen LogP contribution in [0, 0.1) is 0 Å². The Morgan fingerprint density at radius 2 is 2.05 bits per heavy atom. The van der Waals surface area contributed by atoms with Gasteiger partial charge in [0.1, 0.15) is 0 Å². The average molecular weight is 275 g/mol. The van der Waals surface area contributed by atoms with Gasteiger partial charge in [-0.05, 0) is 18.9 Å². The zero-order valence-corrected chi connectivity index (χ0v) is 11.5. The first kappa shape index (κ1) is 12.6. The summed E-state index contributed by atoms with van der Waals surface area (Å²) in [7, 11) is 0. The Kier molecular flexibility index (Phi) is 3.53. The lowest BCUT2D eigenvalue weighted by Crippen LogP contribution is -2.45. The first-order chi connectivity index (χ1) is 9.25. The first-order valence-corrected chi connectivity index (χ1v) is 7.59. The highest BCUT2D eigenvalue weighted by molar-refractivity contribution is 7.17. The molecular formula is C15H17NO2S. The zero-order valence-electron chi connectivity index (χ0n) is 10.6. The number of amides is 1. The second-order valence-corrected chi connectivity index (χ2v) is 5.99. The van der Waals surface area contributed by atoms with Gasteiger partial charge in [-0.1, -0.05) is 31.0 Å². The van der Waals surface area contributed by atoms with Gasteiger partial charge >= 0.3 is 0 Å². The van der Waals surface area contributed by atoms with Crippen LogP contribution in [0.3, 0.4) is 0 Å². The standard InChI is InChI=1S/C15H17NO2S/c17-13-7-3-2-6-12(13)16-15(18)11-9-19-14-8-4-1-5-10(11)14/h1,4-5,8-9,12-13,17H,2-3,6-7H2,(H,16,18)/t12-,13-/m1/s1. The van der Waals surface area contributed by atoms with E-state index in [9.17, 15) is 9.90 Å². The van der Waals surface area contributed by atoms with E-state index in [4.69, 9.17) is 0 Å². The molecule has 2 N–H and O–H groups in total. The summed E-state index contributed by atoms with van der Waals surface area (Å²) in [5.74, 6) is -0.0663. The molecule has 1 aromatic heterocycles. The van der Waals surface area contributed by atoms with Crippen LogP contribution in [0.25, 0.3) is 10.1 Å². The van der Waals surface area contributed by atoms with Crippen LogP contribution in [0.1, 0.15) is 36.0 Å². The predicted octanol–water partition coefficient (Wildman–Crippen LogP) is 2.93. The normalized spacial score (nSPS) is 23.4. The van der Waals surface area contributed by atoms with E-state index < -0.39 is 6.10 Å². The Hall–Kier alpha value is -1.39. The quantitative estimate of drug-likeness (QED) is 0.885. The Bertz CT molecular complexity index is 593. The molecule has 0 saturated heterocycles. The van der Waals surface area contributed by atoms with Crippen LogP contribution in [0.2, 0.25) is 0 Å². The number of aliphatic hydroxyl groups is 1. The van der Waals surface area contributed by atoms with Gasteiger partial charge in [-0.15, -0.1) is 11.3 Å². The number of carbonyl (C=O) groups excluding carboxylic acids is 1. The summed E-state index contributed by atoms with van der Waals surface area (Å²) < 4.78 is 1.12. The molecule has 1 amide bonds. The third-order valence-electron chi connectivity index (χ3n) is 3.77. The molecule has 0 radical (unpaired) electrons. The van der Waals surface area contributed by atoms with Gasteiger partial charge in [0.05, 0.1) is 17.7 Å². The van der Waals surface area contributed by atoms with Crippen LogP contribution < -0.4 is 5.32 Å². The van der Waals surface area contributed by atoms with Crippen LogP contribution in [0.4, 0.5) is 0 Å². The minimum atomic E-state index is -0.400. The molecule has 1 aliphatic rings. The van der Waals surface area contributed by atoms with E-state index in [2.05, 4.69) is 5.32 Å². The molecule has 3 nitrogen and oxygen atoms in total. The molecule has 2 atom stereocenters. The molecule has 1 aromatic carbocycles. The number of rotatable bonds is 2. The smallest absolute Gasteiger partial charge is 0.253 e. The summed E-state index contributed by atoms with van der Waals surface area (Å²) in [5.41, 5.74) is 0.721. The van der Waals surface area contributed by atoms with Crippen LogP contribution in [0.5, 0.6) is 0 Å². The Morgan fingerprint density at radius 1 is 1.26 bits per heavy atom. The highest BCUT2D eigenvalue weighted by Gasteiger charge is 2.25. The monoisotopic (exact) mass is 275 g/mol. The van der Waals surface area contributed by atoms with Gasteiger partial charge in [0.2, 0.25) is 0 Å². The van der Waals surface area contributed by atoms with Crippen molar-refractivity contribution in [1.29, 1.82) is 0 Å². The van der Waals surface area contributed by atoms with E-state index >= 15 is 0 Å². The molecule has 4 heteroatoms. The van der Waals surface area contributed by atoms with Gasteiger partial charge in [-0.3, -0.25) is 4.79 Å². The van der Waals surface area contributed by atoms with Crippen LogP contribution >= 0.6 is 11.3 Å². The van der Waals surface area contributed by atoms with Gasteiger partial charge < -0.3 is 10.4 Å². The van der Waals surface area contributed by atoms with Crippen LogP contribution in [-0.2, 0) is 0 Å². The largest absolute Gasteiger partial charge is 0.391 e. The summed E-state index contributed by atoms with van der Waals surface area (Å²) in [6.45, 7) is 0. The maximum Gasteiger partial charge on any atom is 0.253 e. The minimum Gasteiger partial charge on any atom is -0.391 e. The molecule has 1 saturated carbocycles. The van der Waals surface area contributed by atoms with Crippen molar-refractivity contribution in [3.63, 3.8) is 0 Å². The van der Waals surface area contributed by atoms with E-state index in [0.717, 1.165) is 41.3 Å². The molecule has 2 aromatic rings. The minimum absolute atomic E-state index is 0.0663. The van der Waals surface area contributed by atoms with Crippen molar-refractivity contribution in [2.75, 3.05) is 0 Å². The average Bonchev–Trinajstić information content (AvgIpc) is 2.85. The summed E-state index contributed by atoms with van der Waals surface area (Å²) in [5, 5.41) is 15.8. The number of hydrogen-bond acceptors (Lipinski definition) is 3. The number of thiophene rings is 1. The number of fused-ring (bicyclic) bond motifs is 1. The van der Waals surface area contributed by atoms with Crippen molar-refractivity contribution in [3.05, 3.63) is 35.2 Å². The van der Waals surface area contributed by atoms with Gasteiger partial charge in [-0.25, -0.2) is 0 Å². The highest BCUT2D eigenvalue weighted by Crippen LogP contribution is 2.26. The molecule has 0 aliphatic heterocycles. The molecule has 0 bridgehead atoms. The van der Waals surface area contributed by atoms with Gasteiger partial charge in [-0.2, -0.15) is 0 Å². The summed E-state index contributed by atoms with van der Waals surface area (Å²) in [4.78, 5) is 12.3. The maximum absolute atomic E-state index is 12.3. The fraction of sp³-hybridized carbons (Fsp3) is 0.400. The summed E-state index contributed by atoms with van der Waals surface area (Å²) in [6.07, 6.45) is 3.38. The molecule has 0 unspecified atom stereocenters. The Balaban J connectivity index is 1.80. The second kappa shape index (κ2) is 5.31. The SMILES string of the molecule is O=C(N[C@@H]1CCCC[C@H]1O)c1csc2ccccc12. The summed E-state index contributed by atoms with van der Waals surface area (Å²) >= 11 is 1.58. The number of nitrogens with one attached hydrogen (secondary N) is 1. The molecule has 1 heterocycles. The zero-order chi connectivity index (χ0) is 13.2. The Labute approximate surface area is 116 Å². The predicted molar refractivity (Wildman–Crippen MR) is 77.6 cm³/mol. The van der Waals surface area contributed by atoms with E-state index in [1.54, 1.807) is 11.3 Å². The maximum atomic E-state index is 12.3. The van der Waals surface area contributed by atoms with Crippen molar-refractivity contribution in [2.24, 2.45) is 0 Å². The van der Waals surface area contributed by atoms with Crippen molar-refractivity contribution in [2.45, 2.75) is 37.8 Å². The number of aliphatic hydroxyl groups excluding tert-OH is 1. The van der Waals surface area contributed by atoms with E-state index in [-0.39, 0.29) is 11.9 Å². The number of hydrogen-bond donors (Lipinski definition) is 2. The third-order valence-corrected chi connectivity index (χ3v) is 4.74. The molecule has 1 fully saturated rings. The van der Waals surface area contributed by atoms with Gasteiger partial charge in [0, 0.05) is 15.5 Å². The molecule has 19 heavy (non-hydrogen) atoms. The van der Waals surface area contributed by atoms with Gasteiger partial charge in [0.15, 0.2) is 0 Å². The molecule has 0 spiro atoms. The number of benzene rings is 1. The lowest BCUT2D eigenvalue weighted by molar-refractivity contribution is 0.0718. The fourth-order valence-electron chi connectivity index (χ4n) is 2.68. The summed E-state index contributed by atoms with van der Waals surface area (Å²) in [6, 6.07) is 7.82. The lowest BCUT2D eigenvalue weighted by Gasteiger charge is -2.28. The van der Waals surface area contributed by atoms with Crippen molar-refractivity contribution in [1.82, 2.24) is 5.32 Å². The van der Waals surface area contributed by atoms with Crippen molar-refractivity contribution >= 4 is 27.3 Å². The third kappa shape index (κ3) is 2.51. The van der Waals surface area contributed by atoms with Crippen molar-refractivity contribution < 1.29 is 9.90 Å². The molecule has 1 aliphatic carbocycles. The lowest BCUT2D eigenvalue weighted by atomic mass is 9.92. The second-order valence-electron chi connectivity index (χ2n) is 5.08. The van der Waals surface area contributed by atoms with E-state index in [1.165, 1.54) is 0 Å². The Morgan fingerprint density at radius 3 is 2.89 bits per heavy atom. The van der Waals surface area contributed by atoms with E-state index in [1.807, 2.05) is 29.6 Å².